The second-order valence-electron chi connectivity index (χ2n) is 5.89. The molecule has 132 valence electrons. The smallest absolute Gasteiger partial charge is 0.338 e. The lowest BCUT2D eigenvalue weighted by Crippen LogP contribution is -2.06. The molecule has 2 aromatic carbocycles. The predicted octanol–water partition coefficient (Wildman–Crippen LogP) is 3.75. The number of nitrogens with zero attached hydrogens (tertiary/aromatic N) is 3. The van der Waals surface area contributed by atoms with Gasteiger partial charge in [-0.2, -0.15) is 5.10 Å². The maximum atomic E-state index is 12.2. The van der Waals surface area contributed by atoms with Crippen LogP contribution in [0.3, 0.4) is 0 Å². The van der Waals surface area contributed by atoms with Crippen molar-refractivity contribution in [2.24, 2.45) is 0 Å². The van der Waals surface area contributed by atoms with Gasteiger partial charge in [0.2, 0.25) is 0 Å². The van der Waals surface area contributed by atoms with Crippen LogP contribution in [0.2, 0.25) is 0 Å². The molecule has 0 aliphatic rings. The Morgan fingerprint density at radius 3 is 2.31 bits per heavy atom. The lowest BCUT2D eigenvalue weighted by atomic mass is 10.2. The molecule has 0 radical (unpaired) electrons. The Morgan fingerprint density at radius 2 is 1.77 bits per heavy atom. The molecule has 0 amide bonds. The predicted molar refractivity (Wildman–Crippen MR) is 95.3 cm³/mol. The Bertz CT molecular complexity index is 944. The molecule has 0 atom stereocenters. The molecule has 0 saturated carbocycles. The van der Waals surface area contributed by atoms with Crippen LogP contribution < -0.4 is 0 Å². The standard InChI is InChI=1S/C19H17N3O4/c1-13-11-14(2)21(20-13)17-9-5-16(6-10-17)19(23)26-12-15-3-7-18(8-4-15)22(24)25/h3-11H,12H2,1-2H3. The van der Waals surface area contributed by atoms with E-state index < -0.39 is 10.9 Å². The number of benzene rings is 2. The summed E-state index contributed by atoms with van der Waals surface area (Å²) in [7, 11) is 0. The third-order valence-corrected chi connectivity index (χ3v) is 3.87. The Balaban J connectivity index is 1.64. The zero-order chi connectivity index (χ0) is 18.7. The van der Waals surface area contributed by atoms with Gasteiger partial charge in [-0.05, 0) is 61.9 Å². The maximum Gasteiger partial charge on any atom is 0.338 e. The van der Waals surface area contributed by atoms with Gasteiger partial charge in [0.05, 0.1) is 21.9 Å². The number of hydrogen-bond acceptors (Lipinski definition) is 5. The van der Waals surface area contributed by atoms with Gasteiger partial charge in [0.15, 0.2) is 0 Å². The van der Waals surface area contributed by atoms with Crippen LogP contribution in [0.5, 0.6) is 0 Å². The second-order valence-corrected chi connectivity index (χ2v) is 5.89. The van der Waals surface area contributed by atoms with Gasteiger partial charge in [0, 0.05) is 17.8 Å². The zero-order valence-electron chi connectivity index (χ0n) is 14.4. The molecule has 0 bridgehead atoms. The Labute approximate surface area is 150 Å². The summed E-state index contributed by atoms with van der Waals surface area (Å²) in [5, 5.41) is 15.0. The molecule has 1 aromatic heterocycles. The van der Waals surface area contributed by atoms with Gasteiger partial charge in [-0.15, -0.1) is 0 Å². The number of carbonyl (C=O) groups is 1. The van der Waals surface area contributed by atoms with Crippen LogP contribution >= 0.6 is 0 Å². The largest absolute Gasteiger partial charge is 0.457 e. The first-order valence-electron chi connectivity index (χ1n) is 7.98. The van der Waals surface area contributed by atoms with Crippen molar-refractivity contribution in [3.8, 4) is 5.69 Å². The highest BCUT2D eigenvalue weighted by Gasteiger charge is 2.10. The normalized spacial score (nSPS) is 10.5. The molecule has 7 nitrogen and oxygen atoms in total. The summed E-state index contributed by atoms with van der Waals surface area (Å²) in [4.78, 5) is 22.3. The van der Waals surface area contributed by atoms with E-state index in [1.165, 1.54) is 12.1 Å². The Morgan fingerprint density at radius 1 is 1.12 bits per heavy atom. The van der Waals surface area contributed by atoms with E-state index in [1.54, 1.807) is 28.9 Å². The summed E-state index contributed by atoms with van der Waals surface area (Å²) in [6, 6.07) is 14.9. The van der Waals surface area contributed by atoms with Gasteiger partial charge in [-0.25, -0.2) is 9.48 Å². The highest BCUT2D eigenvalue weighted by atomic mass is 16.6. The first kappa shape index (κ1) is 17.3. The first-order valence-corrected chi connectivity index (χ1v) is 7.98. The average molecular weight is 351 g/mol. The molecular formula is C19H17N3O4. The van der Waals surface area contributed by atoms with Crippen LogP contribution in [0.1, 0.15) is 27.3 Å². The van der Waals surface area contributed by atoms with Crippen molar-refractivity contribution in [3.63, 3.8) is 0 Å². The summed E-state index contributed by atoms with van der Waals surface area (Å²) in [5.41, 5.74) is 3.91. The van der Waals surface area contributed by atoms with Crippen molar-refractivity contribution >= 4 is 11.7 Å². The number of rotatable bonds is 5. The molecule has 0 aliphatic heterocycles. The molecule has 7 heteroatoms. The average Bonchev–Trinajstić information content (AvgIpc) is 2.98. The van der Waals surface area contributed by atoms with Crippen LogP contribution in [-0.4, -0.2) is 20.7 Å². The number of carbonyl (C=O) groups excluding carboxylic acids is 1. The van der Waals surface area contributed by atoms with Gasteiger partial charge in [-0.3, -0.25) is 10.1 Å². The monoisotopic (exact) mass is 351 g/mol. The maximum absolute atomic E-state index is 12.2. The number of aryl methyl sites for hydroxylation is 2. The van der Waals surface area contributed by atoms with Gasteiger partial charge >= 0.3 is 5.97 Å². The molecule has 0 N–H and O–H groups in total. The number of ether oxygens (including phenoxy) is 1. The van der Waals surface area contributed by atoms with Crippen molar-refractivity contribution in [2.45, 2.75) is 20.5 Å². The topological polar surface area (TPSA) is 87.3 Å². The number of hydrogen-bond donors (Lipinski definition) is 0. The summed E-state index contributed by atoms with van der Waals surface area (Å²) < 4.78 is 7.06. The molecule has 3 aromatic rings. The molecule has 0 saturated heterocycles. The third kappa shape index (κ3) is 3.77. The van der Waals surface area contributed by atoms with E-state index in [1.807, 2.05) is 32.0 Å². The van der Waals surface area contributed by atoms with Crippen molar-refractivity contribution < 1.29 is 14.5 Å². The third-order valence-electron chi connectivity index (χ3n) is 3.87. The SMILES string of the molecule is Cc1cc(C)n(-c2ccc(C(=O)OCc3ccc([N+](=O)[O-])cc3)cc2)n1. The molecule has 0 unspecified atom stereocenters. The van der Waals surface area contributed by atoms with Crippen molar-refractivity contribution in [3.05, 3.63) is 87.2 Å². The summed E-state index contributed by atoms with van der Waals surface area (Å²) >= 11 is 0. The molecule has 3 rings (SSSR count). The fraction of sp³-hybridized carbons (Fsp3) is 0.158. The van der Waals surface area contributed by atoms with E-state index >= 15 is 0 Å². The highest BCUT2D eigenvalue weighted by molar-refractivity contribution is 5.89. The number of esters is 1. The van der Waals surface area contributed by atoms with E-state index in [0.29, 0.717) is 11.1 Å². The molecule has 0 fully saturated rings. The highest BCUT2D eigenvalue weighted by Crippen LogP contribution is 2.15. The van der Waals surface area contributed by atoms with Crippen LogP contribution in [0.15, 0.2) is 54.6 Å². The van der Waals surface area contributed by atoms with E-state index in [0.717, 1.165) is 17.1 Å². The lowest BCUT2D eigenvalue weighted by Gasteiger charge is -2.07. The summed E-state index contributed by atoms with van der Waals surface area (Å²) in [6.45, 7) is 3.94. The van der Waals surface area contributed by atoms with E-state index in [4.69, 9.17) is 4.74 Å². The minimum Gasteiger partial charge on any atom is -0.457 e. The fourth-order valence-corrected chi connectivity index (χ4v) is 2.58. The van der Waals surface area contributed by atoms with Crippen molar-refractivity contribution in [2.75, 3.05) is 0 Å². The molecular weight excluding hydrogens is 334 g/mol. The minimum atomic E-state index is -0.472. The summed E-state index contributed by atoms with van der Waals surface area (Å²) in [6.07, 6.45) is 0. The quantitative estimate of drug-likeness (QED) is 0.397. The van der Waals surface area contributed by atoms with Gasteiger partial charge in [-0.1, -0.05) is 0 Å². The molecule has 0 aliphatic carbocycles. The molecule has 1 heterocycles. The minimum absolute atomic E-state index is 0.000170. The van der Waals surface area contributed by atoms with Crippen LogP contribution in [0.25, 0.3) is 5.69 Å². The lowest BCUT2D eigenvalue weighted by molar-refractivity contribution is -0.384. The van der Waals surface area contributed by atoms with Crippen LogP contribution in [0.4, 0.5) is 5.69 Å². The Kier molecular flexibility index (Phi) is 4.79. The number of non-ortho nitro benzene ring substituents is 1. The van der Waals surface area contributed by atoms with E-state index in [9.17, 15) is 14.9 Å². The van der Waals surface area contributed by atoms with E-state index in [-0.39, 0.29) is 12.3 Å². The first-order chi connectivity index (χ1) is 12.4. The Hall–Kier alpha value is -3.48. The number of nitro groups is 1. The van der Waals surface area contributed by atoms with Crippen molar-refractivity contribution in [1.82, 2.24) is 9.78 Å². The molecule has 26 heavy (non-hydrogen) atoms. The number of aromatic nitrogens is 2. The van der Waals surface area contributed by atoms with Gasteiger partial charge in [0.1, 0.15) is 6.61 Å². The van der Waals surface area contributed by atoms with Crippen molar-refractivity contribution in [1.29, 1.82) is 0 Å². The van der Waals surface area contributed by atoms with E-state index in [2.05, 4.69) is 5.10 Å². The summed E-state index contributed by atoms with van der Waals surface area (Å²) in [5.74, 6) is -0.455. The fourth-order valence-electron chi connectivity index (χ4n) is 2.58. The second kappa shape index (κ2) is 7.18. The van der Waals surface area contributed by atoms with Crippen LogP contribution in [0, 0.1) is 24.0 Å². The van der Waals surface area contributed by atoms with Gasteiger partial charge in [0.25, 0.3) is 5.69 Å². The van der Waals surface area contributed by atoms with Gasteiger partial charge < -0.3 is 4.74 Å². The number of nitro benzene ring substituents is 1. The molecule has 0 spiro atoms. The van der Waals surface area contributed by atoms with Crippen LogP contribution in [-0.2, 0) is 11.3 Å². The zero-order valence-corrected chi connectivity index (χ0v) is 14.4.